The Labute approximate surface area is 198 Å². The quantitative estimate of drug-likeness (QED) is 0.199. The van der Waals surface area contributed by atoms with Crippen LogP contribution in [0.4, 0.5) is 5.00 Å². The lowest BCUT2D eigenvalue weighted by Gasteiger charge is -2.09. The van der Waals surface area contributed by atoms with Crippen LogP contribution in [0.2, 0.25) is 0 Å². The molecular weight excluding hydrogens is 462 g/mol. The number of benzene rings is 1. The van der Waals surface area contributed by atoms with E-state index < -0.39 is 5.97 Å². The monoisotopic (exact) mass is 483 g/mol. The number of esters is 1. The van der Waals surface area contributed by atoms with E-state index in [1.54, 1.807) is 18.3 Å². The first-order valence-electron chi connectivity index (χ1n) is 9.97. The zero-order valence-electron chi connectivity index (χ0n) is 17.8. The Bertz CT molecular complexity index is 1280. The highest BCUT2D eigenvalue weighted by Gasteiger charge is 2.23. The summed E-state index contributed by atoms with van der Waals surface area (Å²) >= 11 is 4.31. The van der Waals surface area contributed by atoms with Crippen molar-refractivity contribution >= 4 is 61.5 Å². The van der Waals surface area contributed by atoms with Crippen molar-refractivity contribution in [1.82, 2.24) is 9.97 Å². The molecule has 6 nitrogen and oxygen atoms in total. The maximum atomic E-state index is 12.8. The molecule has 1 aromatic carbocycles. The number of nitrogens with one attached hydrogen (secondary N) is 1. The zero-order chi connectivity index (χ0) is 22.7. The fourth-order valence-corrected chi connectivity index (χ4v) is 6.13. The molecule has 0 bridgehead atoms. The van der Waals surface area contributed by atoms with Gasteiger partial charge in [0.25, 0.3) is 0 Å². The fourth-order valence-electron chi connectivity index (χ4n) is 3.24. The van der Waals surface area contributed by atoms with Gasteiger partial charge in [0.15, 0.2) is 0 Å². The van der Waals surface area contributed by atoms with Gasteiger partial charge in [-0.05, 0) is 31.9 Å². The number of thiophene rings is 2. The molecule has 3 aromatic heterocycles. The van der Waals surface area contributed by atoms with Gasteiger partial charge in [-0.25, -0.2) is 14.8 Å². The third-order valence-corrected chi connectivity index (χ3v) is 7.88. The van der Waals surface area contributed by atoms with Crippen LogP contribution in [0.1, 0.15) is 27.7 Å². The number of amides is 1. The van der Waals surface area contributed by atoms with Crippen molar-refractivity contribution < 1.29 is 14.3 Å². The van der Waals surface area contributed by atoms with Crippen molar-refractivity contribution in [3.8, 4) is 11.1 Å². The van der Waals surface area contributed by atoms with E-state index in [0.29, 0.717) is 10.6 Å². The van der Waals surface area contributed by atoms with Gasteiger partial charge < -0.3 is 10.1 Å². The van der Waals surface area contributed by atoms with Gasteiger partial charge in [0.05, 0.1) is 12.4 Å². The van der Waals surface area contributed by atoms with Gasteiger partial charge >= 0.3 is 5.97 Å². The SMILES string of the molecule is CCOC(=O)c1c(-c2ccccc2)csc1NC(=O)CSc1ncnc2sc(C)c(C)c12. The summed E-state index contributed by atoms with van der Waals surface area (Å²) in [6, 6.07) is 9.59. The van der Waals surface area contributed by atoms with E-state index in [9.17, 15) is 9.59 Å². The van der Waals surface area contributed by atoms with Crippen LogP contribution in [0.15, 0.2) is 47.1 Å². The minimum absolute atomic E-state index is 0.168. The van der Waals surface area contributed by atoms with Gasteiger partial charge in [0.1, 0.15) is 26.7 Å². The Kier molecular flexibility index (Phi) is 6.88. The Balaban J connectivity index is 1.55. The second-order valence-corrected chi connectivity index (χ2v) is 9.97. The summed E-state index contributed by atoms with van der Waals surface area (Å²) in [6.45, 7) is 6.12. The molecule has 0 saturated carbocycles. The van der Waals surface area contributed by atoms with Gasteiger partial charge in [-0.2, -0.15) is 0 Å². The van der Waals surface area contributed by atoms with Gasteiger partial charge in [0.2, 0.25) is 5.91 Å². The maximum Gasteiger partial charge on any atom is 0.341 e. The first-order chi connectivity index (χ1) is 15.5. The van der Waals surface area contributed by atoms with Crippen molar-refractivity contribution in [3.63, 3.8) is 0 Å². The van der Waals surface area contributed by atoms with Crippen LogP contribution in [0, 0.1) is 13.8 Å². The zero-order valence-corrected chi connectivity index (χ0v) is 20.2. The number of hydrogen-bond donors (Lipinski definition) is 1. The molecular formula is C23H21N3O3S3. The minimum Gasteiger partial charge on any atom is -0.462 e. The lowest BCUT2D eigenvalue weighted by molar-refractivity contribution is -0.113. The number of nitrogens with zero attached hydrogens (tertiary/aromatic N) is 2. The molecule has 0 fully saturated rings. The third-order valence-electron chi connectivity index (χ3n) is 4.88. The molecule has 32 heavy (non-hydrogen) atoms. The van der Waals surface area contributed by atoms with Crippen LogP contribution < -0.4 is 5.32 Å². The molecule has 0 spiro atoms. The third kappa shape index (κ3) is 4.55. The van der Waals surface area contributed by atoms with Crippen LogP contribution in [0.5, 0.6) is 0 Å². The average Bonchev–Trinajstić information content (AvgIpc) is 3.34. The Hall–Kier alpha value is -2.75. The van der Waals surface area contributed by atoms with Crippen molar-refractivity contribution in [2.75, 3.05) is 17.7 Å². The maximum absolute atomic E-state index is 12.8. The number of carbonyl (C=O) groups excluding carboxylic acids is 2. The largest absolute Gasteiger partial charge is 0.462 e. The summed E-state index contributed by atoms with van der Waals surface area (Å²) in [5.41, 5.74) is 3.17. The van der Waals surface area contributed by atoms with Gasteiger partial charge in [-0.15, -0.1) is 22.7 Å². The number of hydrogen-bond acceptors (Lipinski definition) is 8. The second kappa shape index (κ2) is 9.81. The normalized spacial score (nSPS) is 11.0. The summed E-state index contributed by atoms with van der Waals surface area (Å²) in [6.07, 6.45) is 1.53. The van der Waals surface area contributed by atoms with E-state index in [1.165, 1.54) is 34.3 Å². The molecule has 0 aliphatic heterocycles. The predicted octanol–water partition coefficient (Wildman–Crippen LogP) is 5.94. The van der Waals surface area contributed by atoms with E-state index in [1.807, 2.05) is 42.6 Å². The molecule has 9 heteroatoms. The number of carbonyl (C=O) groups is 2. The number of anilines is 1. The summed E-state index contributed by atoms with van der Waals surface area (Å²) < 4.78 is 5.26. The lowest BCUT2D eigenvalue weighted by atomic mass is 10.0. The predicted molar refractivity (Wildman–Crippen MR) is 132 cm³/mol. The van der Waals surface area contributed by atoms with E-state index in [2.05, 4.69) is 22.2 Å². The number of aromatic nitrogens is 2. The fraction of sp³-hybridized carbons (Fsp3) is 0.217. The Morgan fingerprint density at radius 1 is 1.16 bits per heavy atom. The number of aryl methyl sites for hydroxylation is 2. The molecule has 0 atom stereocenters. The van der Waals surface area contributed by atoms with E-state index >= 15 is 0 Å². The topological polar surface area (TPSA) is 81.2 Å². The summed E-state index contributed by atoms with van der Waals surface area (Å²) in [5.74, 6) is -0.489. The molecule has 4 rings (SSSR count). The number of thioether (sulfide) groups is 1. The summed E-state index contributed by atoms with van der Waals surface area (Å²) in [4.78, 5) is 36.3. The molecule has 1 amide bonds. The van der Waals surface area contributed by atoms with Crippen molar-refractivity contribution in [3.05, 3.63) is 58.0 Å². The van der Waals surface area contributed by atoms with Crippen LogP contribution >= 0.6 is 34.4 Å². The lowest BCUT2D eigenvalue weighted by Crippen LogP contribution is -2.16. The smallest absolute Gasteiger partial charge is 0.341 e. The summed E-state index contributed by atoms with van der Waals surface area (Å²) in [5, 5.41) is 7.04. The van der Waals surface area contributed by atoms with Crippen molar-refractivity contribution in [1.29, 1.82) is 0 Å². The molecule has 4 aromatic rings. The molecule has 0 aliphatic rings. The number of ether oxygens (including phenoxy) is 1. The highest BCUT2D eigenvalue weighted by atomic mass is 32.2. The van der Waals surface area contributed by atoms with Crippen molar-refractivity contribution in [2.24, 2.45) is 0 Å². The standard InChI is InChI=1S/C23H21N3O3S3/c1-4-29-23(28)19-16(15-8-6-5-7-9-15)10-30-22(19)26-17(27)11-31-20-18-13(2)14(3)32-21(18)25-12-24-20/h5-10,12H,4,11H2,1-3H3,(H,26,27). The van der Waals surface area contributed by atoms with E-state index in [-0.39, 0.29) is 18.3 Å². The molecule has 0 radical (unpaired) electrons. The van der Waals surface area contributed by atoms with Crippen LogP contribution in [0.3, 0.4) is 0 Å². The second-order valence-electron chi connectivity index (χ2n) is 6.92. The van der Waals surface area contributed by atoms with E-state index in [4.69, 9.17) is 4.74 Å². The molecule has 0 unspecified atom stereocenters. The molecule has 0 aliphatic carbocycles. The minimum atomic E-state index is -0.447. The number of rotatable bonds is 7. The summed E-state index contributed by atoms with van der Waals surface area (Å²) in [7, 11) is 0. The highest BCUT2D eigenvalue weighted by Crippen LogP contribution is 2.37. The van der Waals surface area contributed by atoms with Gasteiger partial charge in [0, 0.05) is 21.2 Å². The first kappa shape index (κ1) is 22.4. The molecule has 0 saturated heterocycles. The molecule has 164 valence electrons. The van der Waals surface area contributed by atoms with Gasteiger partial charge in [-0.3, -0.25) is 4.79 Å². The average molecular weight is 484 g/mol. The molecule has 1 N–H and O–H groups in total. The molecule has 3 heterocycles. The van der Waals surface area contributed by atoms with Gasteiger partial charge in [-0.1, -0.05) is 42.1 Å². The van der Waals surface area contributed by atoms with E-state index in [0.717, 1.165) is 31.9 Å². The Morgan fingerprint density at radius 2 is 1.94 bits per heavy atom. The van der Waals surface area contributed by atoms with Crippen LogP contribution in [-0.4, -0.2) is 34.2 Å². The van der Waals surface area contributed by atoms with Crippen LogP contribution in [-0.2, 0) is 9.53 Å². The number of fused-ring (bicyclic) bond motifs is 1. The first-order valence-corrected chi connectivity index (χ1v) is 12.6. The highest BCUT2D eigenvalue weighted by molar-refractivity contribution is 8.00. The van der Waals surface area contributed by atoms with Crippen molar-refractivity contribution in [2.45, 2.75) is 25.8 Å². The van der Waals surface area contributed by atoms with Crippen LogP contribution in [0.25, 0.3) is 21.3 Å². The Morgan fingerprint density at radius 3 is 2.69 bits per heavy atom.